The van der Waals surface area contributed by atoms with Gasteiger partial charge in [-0.05, 0) is 85.1 Å². The Morgan fingerprint density at radius 1 is 0.419 bits per heavy atom. The van der Waals surface area contributed by atoms with E-state index in [1.54, 1.807) is 0 Å². The second-order valence-corrected chi connectivity index (χ2v) is 11.3. The monoisotopic (exact) mass is 547 g/mol. The first-order valence-corrected chi connectivity index (χ1v) is 14.7. The van der Waals surface area contributed by atoms with Crippen molar-refractivity contribution in [2.75, 3.05) is 0 Å². The van der Waals surface area contributed by atoms with Gasteiger partial charge in [-0.25, -0.2) is 0 Å². The maximum Gasteiger partial charge on any atom is 0.0717 e. The summed E-state index contributed by atoms with van der Waals surface area (Å²) >= 11 is 0. The van der Waals surface area contributed by atoms with Crippen LogP contribution in [0.3, 0.4) is 0 Å². The van der Waals surface area contributed by atoms with Crippen LogP contribution in [0.15, 0.2) is 157 Å². The molecular formula is C42H29N. The number of hydrogen-bond acceptors (Lipinski definition) is 1. The molecule has 1 heteroatoms. The normalized spacial score (nSPS) is 13.7. The maximum absolute atomic E-state index is 5.20. The maximum atomic E-state index is 5.20. The van der Waals surface area contributed by atoms with Crippen LogP contribution in [0.5, 0.6) is 0 Å². The summed E-state index contributed by atoms with van der Waals surface area (Å²) in [4.78, 5) is 5.20. The molecule has 0 aliphatic carbocycles. The Morgan fingerprint density at radius 2 is 0.977 bits per heavy atom. The summed E-state index contributed by atoms with van der Waals surface area (Å²) in [6, 6.07) is 52.3. The molecule has 0 unspecified atom stereocenters. The van der Waals surface area contributed by atoms with Crippen LogP contribution >= 0.6 is 0 Å². The number of nitrogens with zero attached hydrogens (tertiary/aromatic N) is 1. The van der Waals surface area contributed by atoms with Crippen LogP contribution in [0.2, 0.25) is 0 Å². The molecule has 0 bridgehead atoms. The van der Waals surface area contributed by atoms with Crippen molar-refractivity contribution < 1.29 is 0 Å². The zero-order chi connectivity index (χ0) is 28.9. The quantitative estimate of drug-likeness (QED) is 0.191. The van der Waals surface area contributed by atoms with Gasteiger partial charge in [0.2, 0.25) is 0 Å². The Kier molecular flexibility index (Phi) is 5.91. The van der Waals surface area contributed by atoms with Crippen molar-refractivity contribution >= 4 is 38.5 Å². The molecule has 8 rings (SSSR count). The van der Waals surface area contributed by atoms with E-state index in [2.05, 4.69) is 159 Å². The summed E-state index contributed by atoms with van der Waals surface area (Å²) in [6.07, 6.45) is 0. The first kappa shape index (κ1) is 25.2. The minimum Gasteiger partial charge on any atom is -0.252 e. The molecule has 1 aliphatic rings. The molecule has 0 spiro atoms. The van der Waals surface area contributed by atoms with E-state index in [1.807, 2.05) is 0 Å². The van der Waals surface area contributed by atoms with Gasteiger partial charge in [0.05, 0.1) is 5.69 Å². The lowest BCUT2D eigenvalue weighted by molar-refractivity contribution is 1.45. The number of fused-ring (bicyclic) bond motifs is 7. The molecule has 1 nitrogen and oxygen atoms in total. The van der Waals surface area contributed by atoms with Crippen molar-refractivity contribution in [3.8, 4) is 33.4 Å². The summed E-state index contributed by atoms with van der Waals surface area (Å²) in [5.74, 6) is 0. The highest BCUT2D eigenvalue weighted by atomic mass is 14.8. The number of aliphatic imine (C=N–C) groups is 1. The Bertz CT molecular complexity index is 2250. The van der Waals surface area contributed by atoms with Gasteiger partial charge in [-0.1, -0.05) is 140 Å². The van der Waals surface area contributed by atoms with E-state index < -0.39 is 0 Å². The summed E-state index contributed by atoms with van der Waals surface area (Å²) in [5.41, 5.74) is 13.4. The van der Waals surface area contributed by atoms with Gasteiger partial charge in [0.15, 0.2) is 0 Å². The highest BCUT2D eigenvalue weighted by Gasteiger charge is 2.19. The third kappa shape index (κ3) is 4.21. The van der Waals surface area contributed by atoms with Crippen molar-refractivity contribution in [2.45, 2.75) is 6.92 Å². The Labute approximate surface area is 252 Å². The van der Waals surface area contributed by atoms with Gasteiger partial charge >= 0.3 is 0 Å². The molecule has 0 fully saturated rings. The van der Waals surface area contributed by atoms with E-state index in [9.17, 15) is 0 Å². The molecular weight excluding hydrogens is 518 g/mol. The average molecular weight is 548 g/mol. The van der Waals surface area contributed by atoms with Gasteiger partial charge < -0.3 is 0 Å². The lowest BCUT2D eigenvalue weighted by Gasteiger charge is -2.15. The lowest BCUT2D eigenvalue weighted by Crippen LogP contribution is -1.98. The fourth-order valence-electron chi connectivity index (χ4n) is 6.59. The van der Waals surface area contributed by atoms with Crippen LogP contribution in [0.4, 0.5) is 5.69 Å². The summed E-state index contributed by atoms with van der Waals surface area (Å²) < 4.78 is 0. The van der Waals surface area contributed by atoms with Crippen LogP contribution < -0.4 is 0 Å². The highest BCUT2D eigenvalue weighted by Crippen LogP contribution is 2.41. The van der Waals surface area contributed by atoms with Crippen molar-refractivity contribution in [1.29, 1.82) is 0 Å². The van der Waals surface area contributed by atoms with Crippen LogP contribution in [0, 0.1) is 0 Å². The topological polar surface area (TPSA) is 12.4 Å². The molecule has 7 aromatic carbocycles. The third-order valence-electron chi connectivity index (χ3n) is 8.77. The zero-order valence-corrected chi connectivity index (χ0v) is 24.0. The predicted octanol–water partition coefficient (Wildman–Crippen LogP) is 11.5. The molecule has 0 aromatic heterocycles. The predicted molar refractivity (Wildman–Crippen MR) is 184 cm³/mol. The lowest BCUT2D eigenvalue weighted by atomic mass is 9.88. The third-order valence-corrected chi connectivity index (χ3v) is 8.77. The number of hydrogen-bond donors (Lipinski definition) is 0. The Morgan fingerprint density at radius 3 is 1.74 bits per heavy atom. The molecule has 0 saturated heterocycles. The zero-order valence-electron chi connectivity index (χ0n) is 24.0. The molecule has 0 amide bonds. The Balaban J connectivity index is 1.24. The highest BCUT2D eigenvalue weighted by molar-refractivity contribution is 6.14. The second kappa shape index (κ2) is 10.1. The minimum absolute atomic E-state index is 0.941. The second-order valence-electron chi connectivity index (χ2n) is 11.3. The van der Waals surface area contributed by atoms with Crippen molar-refractivity contribution in [2.24, 2.45) is 4.99 Å². The first-order valence-electron chi connectivity index (χ1n) is 14.7. The molecule has 1 heterocycles. The number of rotatable bonds is 2. The number of benzene rings is 7. The molecule has 0 N–H and O–H groups in total. The summed E-state index contributed by atoms with van der Waals surface area (Å²) in [6.45, 7) is 6.67. The molecule has 0 radical (unpaired) electrons. The van der Waals surface area contributed by atoms with E-state index in [-0.39, 0.29) is 0 Å². The largest absolute Gasteiger partial charge is 0.252 e. The van der Waals surface area contributed by atoms with Crippen LogP contribution in [-0.2, 0) is 0 Å². The summed E-state index contributed by atoms with van der Waals surface area (Å²) in [5, 5.41) is 5.11. The molecule has 0 saturated carbocycles. The van der Waals surface area contributed by atoms with Gasteiger partial charge in [0, 0.05) is 16.8 Å². The molecule has 43 heavy (non-hydrogen) atoms. The minimum atomic E-state index is 0.941. The van der Waals surface area contributed by atoms with Gasteiger partial charge in [0.1, 0.15) is 0 Å². The van der Waals surface area contributed by atoms with Crippen molar-refractivity contribution in [3.05, 3.63) is 169 Å². The smallest absolute Gasteiger partial charge is 0.0717 e. The van der Waals surface area contributed by atoms with Gasteiger partial charge in [-0.3, -0.25) is 4.99 Å². The van der Waals surface area contributed by atoms with Crippen LogP contribution in [0.25, 0.3) is 60.5 Å². The SMILES string of the molecule is C=C1c2ccc(-c3ccc(-c4cc5ccccc5c5ccccc45)cc3)cc2/N=C(\C)c2ccccc2-c2ccccc21. The summed E-state index contributed by atoms with van der Waals surface area (Å²) in [7, 11) is 0. The van der Waals surface area contributed by atoms with E-state index in [4.69, 9.17) is 4.99 Å². The van der Waals surface area contributed by atoms with Gasteiger partial charge in [-0.15, -0.1) is 0 Å². The van der Waals surface area contributed by atoms with E-state index in [1.165, 1.54) is 43.8 Å². The van der Waals surface area contributed by atoms with E-state index in [0.717, 1.165) is 44.8 Å². The first-order chi connectivity index (χ1) is 21.2. The van der Waals surface area contributed by atoms with Gasteiger partial charge in [0.25, 0.3) is 0 Å². The Hall–Kier alpha value is -5.53. The average Bonchev–Trinajstić information content (AvgIpc) is 3.10. The fourth-order valence-corrected chi connectivity index (χ4v) is 6.59. The molecule has 202 valence electrons. The van der Waals surface area contributed by atoms with Crippen molar-refractivity contribution in [3.63, 3.8) is 0 Å². The van der Waals surface area contributed by atoms with Crippen LogP contribution in [-0.4, -0.2) is 5.71 Å². The van der Waals surface area contributed by atoms with E-state index in [0.29, 0.717) is 0 Å². The van der Waals surface area contributed by atoms with Crippen LogP contribution in [0.1, 0.15) is 23.6 Å². The molecule has 0 atom stereocenters. The standard InChI is InChI=1S/C42H29N/c1-27-33-12-5-7-15-37(33)38-16-8-6-13-35(38)28(2)43-42-26-31(23-24-34(27)42)29-19-21-30(22-20-29)41-25-32-11-3-4-14-36(32)39-17-9-10-18-40(39)41/h3-26H,1H2,2H3/b43-28+. The molecule has 7 aromatic rings. The molecule has 1 aliphatic heterocycles. The fraction of sp³-hybridized carbons (Fsp3) is 0.0238. The van der Waals surface area contributed by atoms with Gasteiger partial charge in [-0.2, -0.15) is 0 Å². The van der Waals surface area contributed by atoms with Crippen molar-refractivity contribution in [1.82, 2.24) is 0 Å². The van der Waals surface area contributed by atoms with E-state index >= 15 is 0 Å².